The van der Waals surface area contributed by atoms with Gasteiger partial charge in [0.05, 0.1) is 12.7 Å². The Hall–Kier alpha value is -2.66. The predicted octanol–water partition coefficient (Wildman–Crippen LogP) is 3.99. The Morgan fingerprint density at radius 2 is 2.12 bits per heavy atom. The highest BCUT2D eigenvalue weighted by Crippen LogP contribution is 2.20. The van der Waals surface area contributed by atoms with Gasteiger partial charge in [0.2, 0.25) is 5.91 Å². The summed E-state index contributed by atoms with van der Waals surface area (Å²) in [7, 11) is 0. The number of nitrogens with zero attached hydrogens (tertiary/aromatic N) is 1. The second kappa shape index (κ2) is 7.27. The molecule has 0 radical (unpaired) electrons. The molecule has 6 heteroatoms. The fraction of sp³-hybridized carbons (Fsp3) is 0.111. The van der Waals surface area contributed by atoms with Crippen molar-refractivity contribution < 1.29 is 13.6 Å². The fourth-order valence-electron chi connectivity index (χ4n) is 2.29. The van der Waals surface area contributed by atoms with Crippen molar-refractivity contribution in [2.75, 3.05) is 0 Å². The van der Waals surface area contributed by atoms with Gasteiger partial charge in [-0.2, -0.15) is 0 Å². The highest BCUT2D eigenvalue weighted by molar-refractivity contribution is 6.31. The van der Waals surface area contributed by atoms with Crippen LogP contribution in [0, 0.1) is 5.82 Å². The molecule has 0 bridgehead atoms. The Morgan fingerprint density at radius 1 is 1.25 bits per heavy atom. The minimum absolute atomic E-state index is 0.114. The van der Waals surface area contributed by atoms with E-state index in [1.165, 1.54) is 12.1 Å². The maximum Gasteiger partial charge on any atom is 0.224 e. The first-order valence-electron chi connectivity index (χ1n) is 7.31. The van der Waals surface area contributed by atoms with Crippen LogP contribution in [0.3, 0.4) is 0 Å². The number of furan rings is 1. The number of hydrogen-bond donors (Lipinski definition) is 1. The minimum atomic E-state index is -0.487. The smallest absolute Gasteiger partial charge is 0.224 e. The van der Waals surface area contributed by atoms with E-state index in [1.54, 1.807) is 30.8 Å². The van der Waals surface area contributed by atoms with Gasteiger partial charge in [-0.3, -0.25) is 9.78 Å². The average Bonchev–Trinajstić information content (AvgIpc) is 3.11. The molecule has 1 amide bonds. The summed E-state index contributed by atoms with van der Waals surface area (Å²) in [5, 5.41) is 2.98. The number of pyridine rings is 1. The molecule has 0 aliphatic heterocycles. The van der Waals surface area contributed by atoms with Crippen LogP contribution in [-0.2, 0) is 17.8 Å². The molecule has 0 atom stereocenters. The van der Waals surface area contributed by atoms with Crippen molar-refractivity contribution in [3.05, 3.63) is 77.0 Å². The quantitative estimate of drug-likeness (QED) is 0.761. The van der Waals surface area contributed by atoms with Crippen LogP contribution in [0.4, 0.5) is 4.39 Å². The molecule has 3 rings (SSSR count). The highest BCUT2D eigenvalue weighted by Gasteiger charge is 2.12. The number of amides is 1. The van der Waals surface area contributed by atoms with E-state index in [2.05, 4.69) is 10.3 Å². The summed E-state index contributed by atoms with van der Waals surface area (Å²) in [4.78, 5) is 16.2. The summed E-state index contributed by atoms with van der Waals surface area (Å²) >= 11 is 5.93. The van der Waals surface area contributed by atoms with Crippen molar-refractivity contribution in [1.82, 2.24) is 10.3 Å². The number of carbonyl (C=O) groups excluding carboxylic acids is 1. The van der Waals surface area contributed by atoms with Gasteiger partial charge >= 0.3 is 0 Å². The molecule has 0 unspecified atom stereocenters. The third-order valence-electron chi connectivity index (χ3n) is 3.49. The van der Waals surface area contributed by atoms with Crippen molar-refractivity contribution in [3.8, 4) is 11.3 Å². The molecule has 122 valence electrons. The molecule has 1 N–H and O–H groups in total. The molecule has 3 aromatic rings. The van der Waals surface area contributed by atoms with Gasteiger partial charge in [0.25, 0.3) is 0 Å². The zero-order chi connectivity index (χ0) is 16.9. The van der Waals surface area contributed by atoms with E-state index in [0.29, 0.717) is 5.76 Å². The van der Waals surface area contributed by atoms with Crippen LogP contribution in [0.25, 0.3) is 11.3 Å². The number of rotatable bonds is 5. The molecule has 4 nitrogen and oxygen atoms in total. The summed E-state index contributed by atoms with van der Waals surface area (Å²) in [5.74, 6) is -0.0987. The second-order valence-electron chi connectivity index (χ2n) is 5.21. The van der Waals surface area contributed by atoms with Crippen LogP contribution >= 0.6 is 11.6 Å². The summed E-state index contributed by atoms with van der Waals surface area (Å²) in [5.41, 5.74) is 1.83. The van der Waals surface area contributed by atoms with Gasteiger partial charge in [-0.15, -0.1) is 0 Å². The number of benzene rings is 1. The van der Waals surface area contributed by atoms with E-state index >= 15 is 0 Å². The summed E-state index contributed by atoms with van der Waals surface area (Å²) in [6.45, 7) is 0.284. The van der Waals surface area contributed by atoms with E-state index < -0.39 is 5.82 Å². The zero-order valence-corrected chi connectivity index (χ0v) is 13.4. The third-order valence-corrected chi connectivity index (χ3v) is 3.84. The normalized spacial score (nSPS) is 10.6. The lowest BCUT2D eigenvalue weighted by Gasteiger charge is -2.08. The van der Waals surface area contributed by atoms with Gasteiger partial charge in [0.15, 0.2) is 0 Å². The van der Waals surface area contributed by atoms with Crippen LogP contribution < -0.4 is 5.32 Å². The van der Waals surface area contributed by atoms with Crippen molar-refractivity contribution in [1.29, 1.82) is 0 Å². The number of hydrogen-bond acceptors (Lipinski definition) is 3. The van der Waals surface area contributed by atoms with Crippen LogP contribution in [0.15, 0.2) is 59.5 Å². The Bertz CT molecular complexity index is 830. The van der Waals surface area contributed by atoms with Crippen LogP contribution in [-0.4, -0.2) is 10.9 Å². The lowest BCUT2D eigenvalue weighted by atomic mass is 10.1. The molecule has 0 aliphatic rings. The second-order valence-corrected chi connectivity index (χ2v) is 5.62. The molecular formula is C18H14ClFN2O2. The van der Waals surface area contributed by atoms with Crippen molar-refractivity contribution in [2.45, 2.75) is 13.0 Å². The van der Waals surface area contributed by atoms with E-state index in [-0.39, 0.29) is 29.5 Å². The Balaban J connectivity index is 1.64. The van der Waals surface area contributed by atoms with Crippen LogP contribution in [0.5, 0.6) is 0 Å². The Kier molecular flexibility index (Phi) is 4.91. The minimum Gasteiger partial charge on any atom is -0.464 e. The first-order chi connectivity index (χ1) is 11.6. The molecule has 0 fully saturated rings. The first-order valence-corrected chi connectivity index (χ1v) is 7.68. The molecular weight excluding hydrogens is 331 g/mol. The van der Waals surface area contributed by atoms with Crippen molar-refractivity contribution in [3.63, 3.8) is 0 Å². The number of carbonyl (C=O) groups is 1. The predicted molar refractivity (Wildman–Crippen MR) is 88.9 cm³/mol. The van der Waals surface area contributed by atoms with Crippen LogP contribution in [0.2, 0.25) is 5.02 Å². The molecule has 2 heterocycles. The Morgan fingerprint density at radius 3 is 2.88 bits per heavy atom. The summed E-state index contributed by atoms with van der Waals surface area (Å²) in [6, 6.07) is 9.85. The van der Waals surface area contributed by atoms with E-state index in [4.69, 9.17) is 16.0 Å². The summed E-state index contributed by atoms with van der Waals surface area (Å²) in [6.07, 6.45) is 4.81. The maximum absolute atomic E-state index is 13.7. The molecule has 0 aliphatic carbocycles. The fourth-order valence-corrected chi connectivity index (χ4v) is 2.52. The van der Waals surface area contributed by atoms with E-state index in [9.17, 15) is 9.18 Å². The highest BCUT2D eigenvalue weighted by atomic mass is 35.5. The molecule has 0 saturated carbocycles. The summed E-state index contributed by atoms with van der Waals surface area (Å²) < 4.78 is 19.0. The Labute approximate surface area is 143 Å². The van der Waals surface area contributed by atoms with Crippen LogP contribution in [0.1, 0.15) is 11.1 Å². The number of aromatic nitrogens is 1. The van der Waals surface area contributed by atoms with Gasteiger partial charge < -0.3 is 9.73 Å². The molecule has 1 aromatic carbocycles. The van der Waals surface area contributed by atoms with Gasteiger partial charge in [-0.25, -0.2) is 4.39 Å². The monoisotopic (exact) mass is 344 g/mol. The lowest BCUT2D eigenvalue weighted by molar-refractivity contribution is -0.120. The lowest BCUT2D eigenvalue weighted by Crippen LogP contribution is -2.25. The first kappa shape index (κ1) is 16.2. The van der Waals surface area contributed by atoms with Gasteiger partial charge in [-0.05, 0) is 35.9 Å². The van der Waals surface area contributed by atoms with Gasteiger partial charge in [0.1, 0.15) is 11.6 Å². The SMILES string of the molecule is O=C(Cc1c(F)cccc1Cl)NCc1cncc(-c2ccco2)c1. The average molecular weight is 345 g/mol. The van der Waals surface area contributed by atoms with Gasteiger partial charge in [-0.1, -0.05) is 17.7 Å². The van der Waals surface area contributed by atoms with Crippen molar-refractivity contribution in [2.24, 2.45) is 0 Å². The van der Waals surface area contributed by atoms with Gasteiger partial charge in [0, 0.05) is 35.1 Å². The van der Waals surface area contributed by atoms with E-state index in [0.717, 1.165) is 11.1 Å². The zero-order valence-electron chi connectivity index (χ0n) is 12.6. The largest absolute Gasteiger partial charge is 0.464 e. The maximum atomic E-state index is 13.7. The van der Waals surface area contributed by atoms with E-state index in [1.807, 2.05) is 12.1 Å². The molecule has 24 heavy (non-hydrogen) atoms. The number of nitrogens with one attached hydrogen (secondary N) is 1. The standard InChI is InChI=1S/C18H14ClFN2O2/c19-15-3-1-4-16(20)14(15)8-18(23)22-10-12-7-13(11-21-9-12)17-5-2-6-24-17/h1-7,9,11H,8,10H2,(H,22,23). The molecule has 2 aromatic heterocycles. The number of halogens is 2. The molecule has 0 saturated heterocycles. The third kappa shape index (κ3) is 3.81. The van der Waals surface area contributed by atoms with Crippen molar-refractivity contribution >= 4 is 17.5 Å². The topological polar surface area (TPSA) is 55.1 Å². The molecule has 0 spiro atoms.